The summed E-state index contributed by atoms with van der Waals surface area (Å²) in [5.74, 6) is 0. The summed E-state index contributed by atoms with van der Waals surface area (Å²) in [6.07, 6.45) is 0. The Morgan fingerprint density at radius 1 is 1.40 bits per heavy atom. The topological polar surface area (TPSA) is 52.3 Å². The van der Waals surface area contributed by atoms with Crippen LogP contribution in [0.3, 0.4) is 0 Å². The lowest BCUT2D eigenvalue weighted by atomic mass is 11.8. The van der Waals surface area contributed by atoms with Crippen LogP contribution in [0, 0.1) is 0 Å². The predicted octanol–water partition coefficient (Wildman–Crippen LogP) is 2.41. The molecule has 0 heterocycles. The van der Waals surface area contributed by atoms with Crippen molar-refractivity contribution in [3.05, 3.63) is 0 Å². The average Bonchev–Trinajstić information content (AvgIpc) is 1.98. The molecule has 0 aliphatic heterocycles. The molecule has 1 atom stereocenters. The minimum Gasteiger partial charge on any atom is -0.285 e. The molecule has 0 aromatic carbocycles. The van der Waals surface area contributed by atoms with Crippen LogP contribution < -0.4 is 5.14 Å². The molecule has 0 bridgehead atoms. The SMILES string of the molecule is COS(=O)SSSSSN. The molecule has 0 aliphatic carbocycles. The Kier molecular flexibility index (Phi) is 10.5. The van der Waals surface area contributed by atoms with Gasteiger partial charge in [-0.2, -0.15) is 0 Å². The first-order valence-corrected chi connectivity index (χ1v) is 9.62. The largest absolute Gasteiger partial charge is 0.285 e. The zero-order valence-corrected chi connectivity index (χ0v) is 9.74. The first-order chi connectivity index (χ1) is 4.81. The fourth-order valence-electron chi connectivity index (χ4n) is 0.0892. The fourth-order valence-corrected chi connectivity index (χ4v) is 9.40. The summed E-state index contributed by atoms with van der Waals surface area (Å²) in [4.78, 5) is 0. The highest BCUT2D eigenvalue weighted by Gasteiger charge is 1.98. The van der Waals surface area contributed by atoms with Crippen molar-refractivity contribution >= 4 is 60.4 Å². The van der Waals surface area contributed by atoms with Crippen LogP contribution in [-0.2, 0) is 14.3 Å². The third-order valence-corrected chi connectivity index (χ3v) is 10.1. The first kappa shape index (κ1) is 11.8. The van der Waals surface area contributed by atoms with Crippen LogP contribution in [-0.4, -0.2) is 11.3 Å². The van der Waals surface area contributed by atoms with Crippen molar-refractivity contribution in [2.45, 2.75) is 0 Å². The van der Waals surface area contributed by atoms with Gasteiger partial charge in [-0.3, -0.25) is 9.32 Å². The van der Waals surface area contributed by atoms with Crippen molar-refractivity contribution < 1.29 is 8.39 Å². The Bertz CT molecular complexity index is 97.7. The molecule has 10 heavy (non-hydrogen) atoms. The average molecular weight is 255 g/mol. The normalized spacial score (nSPS) is 13.4. The summed E-state index contributed by atoms with van der Waals surface area (Å²) in [6.45, 7) is 0. The molecule has 0 saturated heterocycles. The van der Waals surface area contributed by atoms with Crippen LogP contribution in [0.5, 0.6) is 0 Å². The molecule has 0 spiro atoms. The minimum atomic E-state index is -1.24. The smallest absolute Gasteiger partial charge is 0.230 e. The van der Waals surface area contributed by atoms with Gasteiger partial charge in [0.1, 0.15) is 0 Å². The highest BCUT2D eigenvalue weighted by Crippen LogP contribution is 2.47. The van der Waals surface area contributed by atoms with Crippen LogP contribution in [0.25, 0.3) is 0 Å². The van der Waals surface area contributed by atoms with Crippen LogP contribution in [0.1, 0.15) is 0 Å². The molecule has 0 amide bonds. The summed E-state index contributed by atoms with van der Waals surface area (Å²) < 4.78 is 15.0. The molecular formula is CH5NO2S6. The molecular weight excluding hydrogens is 250 g/mol. The van der Waals surface area contributed by atoms with Crippen LogP contribution in [0.4, 0.5) is 0 Å². The molecule has 0 aromatic rings. The van der Waals surface area contributed by atoms with E-state index < -0.39 is 10.1 Å². The molecule has 0 aromatic heterocycles. The predicted molar refractivity (Wildman–Crippen MR) is 57.3 cm³/mol. The highest BCUT2D eigenvalue weighted by molar-refractivity contribution is 9.40. The zero-order chi connectivity index (χ0) is 7.82. The van der Waals surface area contributed by atoms with Crippen LogP contribution >= 0.6 is 50.3 Å². The van der Waals surface area contributed by atoms with E-state index in [1.165, 1.54) is 47.6 Å². The lowest BCUT2D eigenvalue weighted by Crippen LogP contribution is -1.79. The van der Waals surface area contributed by atoms with Crippen LogP contribution in [0.15, 0.2) is 0 Å². The maximum absolute atomic E-state index is 10.5. The number of hydrogen-bond acceptors (Lipinski definition) is 8. The number of rotatable bonds is 6. The maximum Gasteiger partial charge on any atom is 0.230 e. The lowest BCUT2D eigenvalue weighted by molar-refractivity contribution is 0.458. The van der Waals surface area contributed by atoms with E-state index in [9.17, 15) is 4.21 Å². The summed E-state index contributed by atoms with van der Waals surface area (Å²) in [7, 11) is 6.75. The maximum atomic E-state index is 10.5. The molecule has 1 unspecified atom stereocenters. The third-order valence-electron chi connectivity index (χ3n) is 0.314. The second-order valence-corrected chi connectivity index (χ2v) is 10.1. The molecule has 0 fully saturated rings. The summed E-state index contributed by atoms with van der Waals surface area (Å²) in [5, 5.41) is 5.11. The van der Waals surface area contributed by atoms with Crippen LogP contribution in [0.2, 0.25) is 0 Å². The Morgan fingerprint density at radius 2 is 2.10 bits per heavy atom. The Morgan fingerprint density at radius 3 is 2.60 bits per heavy atom. The lowest BCUT2D eigenvalue weighted by Gasteiger charge is -1.93. The van der Waals surface area contributed by atoms with E-state index in [0.29, 0.717) is 0 Å². The van der Waals surface area contributed by atoms with Gasteiger partial charge in [-0.05, 0) is 11.0 Å². The summed E-state index contributed by atoms with van der Waals surface area (Å²) in [5.41, 5.74) is 0. The van der Waals surface area contributed by atoms with E-state index in [4.69, 9.17) is 5.14 Å². The molecule has 2 N–H and O–H groups in total. The van der Waals surface area contributed by atoms with Crippen molar-refractivity contribution in [1.82, 2.24) is 0 Å². The molecule has 0 saturated carbocycles. The fraction of sp³-hybridized carbons (Fsp3) is 1.00. The van der Waals surface area contributed by atoms with Gasteiger partial charge in [0.2, 0.25) is 10.1 Å². The van der Waals surface area contributed by atoms with Gasteiger partial charge in [-0.1, -0.05) is 0 Å². The molecule has 3 nitrogen and oxygen atoms in total. The summed E-state index contributed by atoms with van der Waals surface area (Å²) in [6, 6.07) is 0. The van der Waals surface area contributed by atoms with E-state index in [0.717, 1.165) is 9.83 Å². The summed E-state index contributed by atoms with van der Waals surface area (Å²) >= 11 is 0. The molecule has 0 radical (unpaired) electrons. The number of nitrogens with two attached hydrogens (primary N) is 1. The Labute approximate surface area is 80.5 Å². The second kappa shape index (κ2) is 8.91. The van der Waals surface area contributed by atoms with E-state index in [-0.39, 0.29) is 0 Å². The van der Waals surface area contributed by atoms with E-state index in [1.807, 2.05) is 0 Å². The Balaban J connectivity index is 2.96. The van der Waals surface area contributed by atoms with Gasteiger partial charge in [0.15, 0.2) is 0 Å². The van der Waals surface area contributed by atoms with E-state index >= 15 is 0 Å². The van der Waals surface area contributed by atoms with Crippen molar-refractivity contribution in [3.63, 3.8) is 0 Å². The van der Waals surface area contributed by atoms with E-state index in [2.05, 4.69) is 4.18 Å². The van der Waals surface area contributed by atoms with Gasteiger partial charge in [0, 0.05) is 39.3 Å². The first-order valence-electron chi connectivity index (χ1n) is 1.81. The van der Waals surface area contributed by atoms with Crippen molar-refractivity contribution in [3.8, 4) is 0 Å². The molecule has 9 heteroatoms. The number of hydrogen-bond donors (Lipinski definition) is 1. The van der Waals surface area contributed by atoms with Gasteiger partial charge >= 0.3 is 0 Å². The van der Waals surface area contributed by atoms with Crippen molar-refractivity contribution in [1.29, 1.82) is 0 Å². The highest BCUT2D eigenvalue weighted by atomic mass is 33.9. The second-order valence-electron chi connectivity index (χ2n) is 0.739. The van der Waals surface area contributed by atoms with Gasteiger partial charge in [-0.15, -0.1) is 0 Å². The zero-order valence-electron chi connectivity index (χ0n) is 4.84. The van der Waals surface area contributed by atoms with Gasteiger partial charge in [0.25, 0.3) is 0 Å². The van der Waals surface area contributed by atoms with Gasteiger partial charge in [-0.25, -0.2) is 4.21 Å². The van der Waals surface area contributed by atoms with E-state index in [1.54, 1.807) is 0 Å². The van der Waals surface area contributed by atoms with Gasteiger partial charge < -0.3 is 0 Å². The standard InChI is InChI=1S/CH5NO2S6/c1-4-10(3)9-8-7-6-5-2/h2H2,1H3. The Hall–Kier alpha value is 1.82. The monoisotopic (exact) mass is 255 g/mol. The molecule has 0 rings (SSSR count). The quantitative estimate of drug-likeness (QED) is 0.441. The van der Waals surface area contributed by atoms with Crippen molar-refractivity contribution in [2.75, 3.05) is 7.11 Å². The minimum absolute atomic E-state index is 1.16. The molecule has 62 valence electrons. The van der Waals surface area contributed by atoms with Crippen molar-refractivity contribution in [2.24, 2.45) is 5.14 Å². The van der Waals surface area contributed by atoms with Gasteiger partial charge in [0.05, 0.1) is 7.11 Å². The molecule has 0 aliphatic rings. The third kappa shape index (κ3) is 7.92.